The van der Waals surface area contributed by atoms with E-state index in [0.29, 0.717) is 42.0 Å². The molecule has 2 aromatic carbocycles. The van der Waals surface area contributed by atoms with Crippen molar-refractivity contribution in [2.45, 2.75) is 38.6 Å². The Morgan fingerprint density at radius 2 is 1.69 bits per heavy atom. The number of unbranched alkanes of at least 4 members (excludes halogenated alkanes) is 2. The Bertz CT molecular complexity index is 1420. The number of nitrogens with zero attached hydrogens (tertiary/aromatic N) is 3. The lowest BCUT2D eigenvalue weighted by Crippen LogP contribution is -2.32. The maximum atomic E-state index is 13.9. The maximum absolute atomic E-state index is 13.9. The van der Waals surface area contributed by atoms with Crippen LogP contribution in [0.4, 0.5) is 0 Å². The zero-order chi connectivity index (χ0) is 29.1. The second-order valence-corrected chi connectivity index (χ2v) is 9.03. The number of carbonyl (C=O) groups excluding carboxylic acids is 1. The molecule has 0 fully saturated rings. The third kappa shape index (κ3) is 8.50. The third-order valence-corrected chi connectivity index (χ3v) is 6.14. The summed E-state index contributed by atoms with van der Waals surface area (Å²) < 4.78 is 24.0. The molecule has 1 amide bonds. The van der Waals surface area contributed by atoms with Crippen molar-refractivity contribution < 1.29 is 22.2 Å². The molecular formula is C32H33N3O4. The first-order chi connectivity index (χ1) is 19.8. The largest absolute Gasteiger partial charge is 0.493 e. The smallest absolute Gasteiger partial charge is 0.303 e. The molecule has 200 valence electrons. The minimum atomic E-state index is -2.06. The zero-order valence-electron chi connectivity index (χ0n) is 23.7. The van der Waals surface area contributed by atoms with Crippen LogP contribution in [-0.4, -0.2) is 45.0 Å². The molecule has 0 aliphatic carbocycles. The number of hydrogen-bond donors (Lipinski definition) is 1. The van der Waals surface area contributed by atoms with Gasteiger partial charge >= 0.3 is 5.97 Å². The number of aromatic nitrogens is 2. The van der Waals surface area contributed by atoms with Crippen LogP contribution in [-0.2, 0) is 17.8 Å². The lowest BCUT2D eigenvalue weighted by atomic mass is 10.0. The highest BCUT2D eigenvalue weighted by molar-refractivity contribution is 5.94. The first-order valence-electron chi connectivity index (χ1n) is 14.0. The summed E-state index contributed by atoms with van der Waals surface area (Å²) in [6, 6.07) is 23.4. The first-order valence-corrected chi connectivity index (χ1v) is 13.0. The molecule has 0 saturated heterocycles. The van der Waals surface area contributed by atoms with Gasteiger partial charge in [0.25, 0.3) is 5.91 Å². The second-order valence-electron chi connectivity index (χ2n) is 9.03. The van der Waals surface area contributed by atoms with Gasteiger partial charge in [-0.25, -0.2) is 0 Å². The van der Waals surface area contributed by atoms with Crippen LogP contribution in [0.3, 0.4) is 0 Å². The fraction of sp³-hybridized carbons (Fsp3) is 0.250. The molecule has 0 bridgehead atoms. The third-order valence-electron chi connectivity index (χ3n) is 6.14. The van der Waals surface area contributed by atoms with Crippen LogP contribution in [0.25, 0.3) is 11.1 Å². The van der Waals surface area contributed by atoms with Gasteiger partial charge in [-0.3, -0.25) is 19.6 Å². The Balaban J connectivity index is 1.56. The van der Waals surface area contributed by atoms with Crippen LogP contribution in [0.15, 0.2) is 97.5 Å². The predicted octanol–water partition coefficient (Wildman–Crippen LogP) is 6.05. The van der Waals surface area contributed by atoms with Gasteiger partial charge in [0, 0.05) is 64.0 Å². The molecule has 0 unspecified atom stereocenters. The highest BCUT2D eigenvalue weighted by atomic mass is 16.5. The lowest BCUT2D eigenvalue weighted by Gasteiger charge is -2.24. The van der Waals surface area contributed by atoms with E-state index in [0.717, 1.165) is 17.5 Å². The maximum Gasteiger partial charge on any atom is 0.303 e. The molecule has 7 heteroatoms. The van der Waals surface area contributed by atoms with Gasteiger partial charge in [0.05, 0.1) is 6.61 Å². The van der Waals surface area contributed by atoms with Gasteiger partial charge in [-0.1, -0.05) is 42.5 Å². The zero-order valence-corrected chi connectivity index (χ0v) is 21.7. The molecule has 2 aromatic heterocycles. The molecule has 0 spiro atoms. The van der Waals surface area contributed by atoms with Gasteiger partial charge < -0.3 is 14.7 Å². The number of carboxylic acid groups (broad SMARTS) is 1. The fourth-order valence-electron chi connectivity index (χ4n) is 4.06. The minimum absolute atomic E-state index is 0.0157. The van der Waals surface area contributed by atoms with Crippen LogP contribution in [0.5, 0.6) is 5.75 Å². The quantitative estimate of drug-likeness (QED) is 0.201. The Hall–Kier alpha value is -4.52. The van der Waals surface area contributed by atoms with Gasteiger partial charge in [0.1, 0.15) is 5.75 Å². The molecule has 0 aliphatic heterocycles. The van der Waals surface area contributed by atoms with Crippen molar-refractivity contribution in [1.29, 1.82) is 0 Å². The van der Waals surface area contributed by atoms with E-state index in [4.69, 9.17) is 12.6 Å². The van der Waals surface area contributed by atoms with E-state index in [9.17, 15) is 9.59 Å². The number of pyridine rings is 2. The Kier molecular flexibility index (Phi) is 9.17. The standard InChI is InChI=1S/C32H33N3O4/c36-31(37)13-2-1-7-22-39-30-12-4-3-9-28(30)24-35(21-18-29-11-5-6-20-34-29)32(38)26-16-14-25(15-17-26)27-10-8-19-33-23-27/h3-6,8-12,14-17,19-20,23H,1-2,7,13,18,21-22,24H2,(H,36,37)/i21D2. The molecule has 39 heavy (non-hydrogen) atoms. The average molecular weight is 526 g/mol. The van der Waals surface area contributed by atoms with Crippen molar-refractivity contribution in [2.75, 3.05) is 13.1 Å². The average Bonchev–Trinajstić information content (AvgIpc) is 2.98. The van der Waals surface area contributed by atoms with Crippen LogP contribution in [0.2, 0.25) is 0 Å². The van der Waals surface area contributed by atoms with Crippen molar-refractivity contribution in [3.8, 4) is 16.9 Å². The normalized spacial score (nSPS) is 11.8. The van der Waals surface area contributed by atoms with E-state index in [2.05, 4.69) is 9.97 Å². The first kappa shape index (κ1) is 24.8. The van der Waals surface area contributed by atoms with E-state index >= 15 is 0 Å². The SMILES string of the molecule is [2H]C([2H])(Cc1ccccn1)N(Cc1ccccc1OCCCCCC(=O)O)C(=O)c1ccc(-c2cccnc2)cc1. The number of para-hydroxylation sites is 1. The Morgan fingerprint density at radius 3 is 2.44 bits per heavy atom. The molecule has 7 nitrogen and oxygen atoms in total. The van der Waals surface area contributed by atoms with Gasteiger partial charge in [0.2, 0.25) is 0 Å². The van der Waals surface area contributed by atoms with Crippen LogP contribution in [0, 0.1) is 0 Å². The summed E-state index contributed by atoms with van der Waals surface area (Å²) in [4.78, 5) is 34.3. The van der Waals surface area contributed by atoms with E-state index in [1.807, 2.05) is 42.5 Å². The summed E-state index contributed by atoms with van der Waals surface area (Å²) in [5.74, 6) is -0.705. The monoisotopic (exact) mass is 525 g/mol. The van der Waals surface area contributed by atoms with Gasteiger partial charge in [-0.05, 0) is 66.8 Å². The molecule has 4 aromatic rings. The van der Waals surface area contributed by atoms with Gasteiger partial charge in [-0.2, -0.15) is 0 Å². The number of carbonyl (C=O) groups is 2. The number of rotatable bonds is 14. The molecule has 0 radical (unpaired) electrons. The number of carboxylic acids is 1. The summed E-state index contributed by atoms with van der Waals surface area (Å²) in [7, 11) is 0. The molecule has 2 heterocycles. The van der Waals surface area contributed by atoms with Crippen molar-refractivity contribution >= 4 is 11.9 Å². The molecular weight excluding hydrogens is 490 g/mol. The number of amides is 1. The van der Waals surface area contributed by atoms with Crippen LogP contribution in [0.1, 0.15) is 50.0 Å². The lowest BCUT2D eigenvalue weighted by molar-refractivity contribution is -0.137. The molecule has 4 rings (SSSR count). The van der Waals surface area contributed by atoms with E-state index in [1.54, 1.807) is 55.0 Å². The summed E-state index contributed by atoms with van der Waals surface area (Å²) >= 11 is 0. The Labute approximate surface area is 231 Å². The Morgan fingerprint density at radius 1 is 0.872 bits per heavy atom. The summed E-state index contributed by atoms with van der Waals surface area (Å²) in [5, 5.41) is 8.82. The number of aryl methyl sites for hydroxylation is 1. The van der Waals surface area contributed by atoms with E-state index in [-0.39, 0.29) is 19.4 Å². The minimum Gasteiger partial charge on any atom is -0.493 e. The number of benzene rings is 2. The second kappa shape index (κ2) is 14.4. The van der Waals surface area contributed by atoms with Crippen molar-refractivity contribution in [1.82, 2.24) is 14.9 Å². The number of ether oxygens (including phenoxy) is 1. The predicted molar refractivity (Wildman–Crippen MR) is 150 cm³/mol. The number of hydrogen-bond acceptors (Lipinski definition) is 5. The van der Waals surface area contributed by atoms with Gasteiger partial charge in [0.15, 0.2) is 0 Å². The molecule has 1 N–H and O–H groups in total. The van der Waals surface area contributed by atoms with Gasteiger partial charge in [-0.15, -0.1) is 0 Å². The fourth-order valence-corrected chi connectivity index (χ4v) is 4.06. The number of aliphatic carboxylic acids is 1. The van der Waals surface area contributed by atoms with Crippen molar-refractivity contribution in [2.24, 2.45) is 0 Å². The van der Waals surface area contributed by atoms with Crippen molar-refractivity contribution in [3.05, 3.63) is 114 Å². The summed E-state index contributed by atoms with van der Waals surface area (Å²) in [6.45, 7) is -1.68. The highest BCUT2D eigenvalue weighted by Crippen LogP contribution is 2.23. The molecule has 0 aliphatic rings. The molecule has 0 saturated carbocycles. The van der Waals surface area contributed by atoms with E-state index < -0.39 is 18.4 Å². The topological polar surface area (TPSA) is 92.6 Å². The van der Waals surface area contributed by atoms with E-state index in [1.165, 1.54) is 4.90 Å². The summed E-state index contributed by atoms with van der Waals surface area (Å²) in [5.41, 5.74) is 3.39. The molecule has 0 atom stereocenters. The highest BCUT2D eigenvalue weighted by Gasteiger charge is 2.18. The van der Waals surface area contributed by atoms with Crippen LogP contribution < -0.4 is 4.74 Å². The van der Waals surface area contributed by atoms with Crippen molar-refractivity contribution in [3.63, 3.8) is 0 Å². The summed E-state index contributed by atoms with van der Waals surface area (Å²) in [6.07, 6.45) is 7.09. The van der Waals surface area contributed by atoms with Crippen LogP contribution >= 0.6 is 0 Å².